The highest BCUT2D eigenvalue weighted by Crippen LogP contribution is 2.18. The first-order valence-corrected chi connectivity index (χ1v) is 6.58. The Bertz CT molecular complexity index is 380. The van der Waals surface area contributed by atoms with Crippen LogP contribution < -0.4 is 0 Å². The van der Waals surface area contributed by atoms with Crippen LogP contribution >= 0.6 is 31.9 Å². The van der Waals surface area contributed by atoms with E-state index in [4.69, 9.17) is 4.74 Å². The van der Waals surface area contributed by atoms with Crippen molar-refractivity contribution in [2.75, 3.05) is 7.11 Å². The molecule has 0 atom stereocenters. The smallest absolute Gasteiger partial charge is 0.338 e. The lowest BCUT2D eigenvalue weighted by Gasteiger charge is -2.09. The monoisotopic (exact) mass is 335 g/mol. The fraction of sp³-hybridized carbons (Fsp3) is 0.400. The molecule has 0 aliphatic carbocycles. The van der Waals surface area contributed by atoms with Crippen LogP contribution in [0, 0.1) is 6.92 Å². The fourth-order valence-electron chi connectivity index (χ4n) is 1.24. The van der Waals surface area contributed by atoms with Crippen molar-refractivity contribution in [1.29, 1.82) is 0 Å². The summed E-state index contributed by atoms with van der Waals surface area (Å²) in [6.45, 7) is 1.87. The minimum atomic E-state index is -0.320. The molecule has 0 aromatic carbocycles. The Balaban J connectivity index is 3.30. The first kappa shape index (κ1) is 12.6. The number of nitrogens with zero attached hydrogens (tertiary/aromatic N) is 1. The fourth-order valence-corrected chi connectivity index (χ4v) is 2.07. The third-order valence-corrected chi connectivity index (χ3v) is 3.20. The summed E-state index contributed by atoms with van der Waals surface area (Å²) in [5.41, 5.74) is 3.14. The molecule has 0 spiro atoms. The second-order valence-electron chi connectivity index (χ2n) is 2.99. The highest BCUT2D eigenvalue weighted by Gasteiger charge is 2.14. The lowest BCUT2D eigenvalue weighted by molar-refractivity contribution is 0.0599. The number of carbonyl (C=O) groups excluding carboxylic acids is 1. The van der Waals surface area contributed by atoms with Gasteiger partial charge in [-0.05, 0) is 18.6 Å². The van der Waals surface area contributed by atoms with Gasteiger partial charge in [0.05, 0.1) is 24.1 Å². The Labute approximate surface area is 105 Å². The van der Waals surface area contributed by atoms with E-state index in [0.29, 0.717) is 16.2 Å². The van der Waals surface area contributed by atoms with Crippen molar-refractivity contribution in [3.63, 3.8) is 0 Å². The number of esters is 1. The molecule has 0 amide bonds. The van der Waals surface area contributed by atoms with E-state index in [0.717, 1.165) is 17.0 Å². The van der Waals surface area contributed by atoms with E-state index in [1.165, 1.54) is 7.11 Å². The molecule has 1 rings (SSSR count). The van der Waals surface area contributed by atoms with E-state index in [1.807, 2.05) is 6.92 Å². The second-order valence-corrected chi connectivity index (χ2v) is 4.11. The highest BCUT2D eigenvalue weighted by atomic mass is 79.9. The molecule has 0 aliphatic rings. The third kappa shape index (κ3) is 2.78. The summed E-state index contributed by atoms with van der Waals surface area (Å²) in [5, 5.41) is 1.25. The quantitative estimate of drug-likeness (QED) is 0.629. The first-order valence-electron chi connectivity index (χ1n) is 4.33. The zero-order chi connectivity index (χ0) is 11.4. The SMILES string of the molecule is COC(=O)c1cc(CBr)nc(CBr)c1C. The summed E-state index contributed by atoms with van der Waals surface area (Å²) in [4.78, 5) is 15.9. The molecule has 0 unspecified atom stereocenters. The summed E-state index contributed by atoms with van der Waals surface area (Å²) in [6, 6.07) is 1.75. The van der Waals surface area contributed by atoms with E-state index in [9.17, 15) is 4.79 Å². The Hall–Kier alpha value is -0.420. The molecule has 0 aliphatic heterocycles. The Morgan fingerprint density at radius 3 is 2.60 bits per heavy atom. The molecule has 15 heavy (non-hydrogen) atoms. The van der Waals surface area contributed by atoms with Crippen molar-refractivity contribution in [3.05, 3.63) is 28.6 Å². The minimum absolute atomic E-state index is 0.320. The van der Waals surface area contributed by atoms with Crippen molar-refractivity contribution in [1.82, 2.24) is 4.98 Å². The van der Waals surface area contributed by atoms with Crippen molar-refractivity contribution in [3.8, 4) is 0 Å². The van der Waals surface area contributed by atoms with E-state index in [1.54, 1.807) is 6.07 Å². The van der Waals surface area contributed by atoms with Crippen LogP contribution in [0.5, 0.6) is 0 Å². The van der Waals surface area contributed by atoms with Gasteiger partial charge in [0.15, 0.2) is 0 Å². The van der Waals surface area contributed by atoms with E-state index >= 15 is 0 Å². The van der Waals surface area contributed by atoms with Gasteiger partial charge in [0, 0.05) is 10.7 Å². The van der Waals surface area contributed by atoms with Crippen LogP contribution in [-0.4, -0.2) is 18.1 Å². The molecule has 0 radical (unpaired) electrons. The Morgan fingerprint density at radius 1 is 1.47 bits per heavy atom. The van der Waals surface area contributed by atoms with Gasteiger partial charge in [-0.2, -0.15) is 0 Å². The largest absolute Gasteiger partial charge is 0.465 e. The van der Waals surface area contributed by atoms with Crippen LogP contribution in [0.15, 0.2) is 6.07 Å². The molecule has 1 aromatic heterocycles. The predicted molar refractivity (Wildman–Crippen MR) is 65.6 cm³/mol. The zero-order valence-corrected chi connectivity index (χ0v) is 11.7. The maximum atomic E-state index is 11.5. The molecule has 5 heteroatoms. The van der Waals surface area contributed by atoms with Crippen molar-refractivity contribution >= 4 is 37.8 Å². The molecule has 1 aromatic rings. The summed E-state index contributed by atoms with van der Waals surface area (Å²) in [7, 11) is 1.38. The molecule has 0 fully saturated rings. The summed E-state index contributed by atoms with van der Waals surface area (Å²) >= 11 is 6.67. The van der Waals surface area contributed by atoms with Crippen LogP contribution in [0.2, 0.25) is 0 Å². The number of carbonyl (C=O) groups is 1. The van der Waals surface area contributed by atoms with Gasteiger partial charge < -0.3 is 4.74 Å². The number of hydrogen-bond acceptors (Lipinski definition) is 3. The van der Waals surface area contributed by atoms with Gasteiger partial charge in [0.2, 0.25) is 0 Å². The summed E-state index contributed by atoms with van der Waals surface area (Å²) in [6.07, 6.45) is 0. The lowest BCUT2D eigenvalue weighted by Crippen LogP contribution is -2.08. The number of hydrogen-bond donors (Lipinski definition) is 0. The standard InChI is InChI=1S/C10H11Br2NO2/c1-6-8(10(14)15-2)3-7(4-11)13-9(6)5-12/h3H,4-5H2,1-2H3. The summed E-state index contributed by atoms with van der Waals surface area (Å²) < 4.78 is 4.72. The first-order chi connectivity index (χ1) is 7.13. The molecule has 0 bridgehead atoms. The molecule has 0 saturated heterocycles. The lowest BCUT2D eigenvalue weighted by atomic mass is 10.1. The Morgan fingerprint density at radius 2 is 2.13 bits per heavy atom. The average Bonchev–Trinajstić information content (AvgIpc) is 2.28. The van der Waals surface area contributed by atoms with E-state index in [-0.39, 0.29) is 5.97 Å². The number of alkyl halides is 2. The normalized spacial score (nSPS) is 10.1. The molecule has 1 heterocycles. The van der Waals surface area contributed by atoms with Crippen molar-refractivity contribution in [2.24, 2.45) is 0 Å². The van der Waals surface area contributed by atoms with Crippen molar-refractivity contribution < 1.29 is 9.53 Å². The topological polar surface area (TPSA) is 39.2 Å². The van der Waals surface area contributed by atoms with Gasteiger partial charge in [-0.1, -0.05) is 31.9 Å². The van der Waals surface area contributed by atoms with E-state index in [2.05, 4.69) is 36.8 Å². The second kappa shape index (κ2) is 5.61. The van der Waals surface area contributed by atoms with Crippen LogP contribution in [0.25, 0.3) is 0 Å². The molecule has 82 valence electrons. The van der Waals surface area contributed by atoms with Gasteiger partial charge in [0.25, 0.3) is 0 Å². The number of rotatable bonds is 3. The maximum Gasteiger partial charge on any atom is 0.338 e. The third-order valence-electron chi connectivity index (χ3n) is 2.10. The number of pyridine rings is 1. The van der Waals surface area contributed by atoms with Crippen LogP contribution in [0.3, 0.4) is 0 Å². The van der Waals surface area contributed by atoms with Crippen LogP contribution in [0.1, 0.15) is 27.3 Å². The number of methoxy groups -OCH3 is 1. The van der Waals surface area contributed by atoms with Gasteiger partial charge >= 0.3 is 5.97 Å². The minimum Gasteiger partial charge on any atom is -0.465 e. The highest BCUT2D eigenvalue weighted by molar-refractivity contribution is 9.08. The van der Waals surface area contributed by atoms with Gasteiger partial charge in [0.1, 0.15) is 0 Å². The molecular formula is C10H11Br2NO2. The molecule has 0 saturated carbocycles. The van der Waals surface area contributed by atoms with Crippen LogP contribution in [0.4, 0.5) is 0 Å². The van der Waals surface area contributed by atoms with Gasteiger partial charge in [-0.3, -0.25) is 4.98 Å². The molecule has 3 nitrogen and oxygen atoms in total. The molecular weight excluding hydrogens is 326 g/mol. The van der Waals surface area contributed by atoms with Crippen molar-refractivity contribution in [2.45, 2.75) is 17.6 Å². The summed E-state index contributed by atoms with van der Waals surface area (Å²) in [5.74, 6) is -0.320. The number of aromatic nitrogens is 1. The van der Waals surface area contributed by atoms with Crippen LogP contribution in [-0.2, 0) is 15.4 Å². The molecule has 0 N–H and O–H groups in total. The Kier molecular flexibility index (Phi) is 4.73. The van der Waals surface area contributed by atoms with Gasteiger partial charge in [-0.15, -0.1) is 0 Å². The predicted octanol–water partition coefficient (Wildman–Crippen LogP) is 2.97. The maximum absolute atomic E-state index is 11.5. The zero-order valence-electron chi connectivity index (χ0n) is 8.51. The number of halogens is 2. The van der Waals surface area contributed by atoms with Gasteiger partial charge in [-0.25, -0.2) is 4.79 Å². The number of ether oxygens (including phenoxy) is 1. The van der Waals surface area contributed by atoms with E-state index < -0.39 is 0 Å². The average molecular weight is 337 g/mol.